The van der Waals surface area contributed by atoms with Gasteiger partial charge in [-0.05, 0) is 66.5 Å². The molecular weight excluding hydrogens is 425 g/mol. The Balaban J connectivity index is 1.62. The third-order valence-electron chi connectivity index (χ3n) is 5.46. The van der Waals surface area contributed by atoms with Gasteiger partial charge in [-0.25, -0.2) is 4.39 Å². The quantitative estimate of drug-likeness (QED) is 0.538. The molecule has 1 aliphatic rings. The maximum Gasteiger partial charge on any atom is 0.306 e. The van der Waals surface area contributed by atoms with Gasteiger partial charge < -0.3 is 19.9 Å². The van der Waals surface area contributed by atoms with Crippen molar-refractivity contribution in [3.8, 4) is 11.5 Å². The number of carboxylic acid groups (broad SMARTS) is 1. The minimum Gasteiger partial charge on any atom is -0.496 e. The fraction of sp³-hybridized carbons (Fsp3) is 0.308. The summed E-state index contributed by atoms with van der Waals surface area (Å²) in [7, 11) is 1.49. The van der Waals surface area contributed by atoms with Crippen LogP contribution < -0.4 is 14.8 Å². The summed E-state index contributed by atoms with van der Waals surface area (Å²) in [5.74, 6) is -0.0208. The van der Waals surface area contributed by atoms with Crippen molar-refractivity contribution in [1.82, 2.24) is 5.32 Å². The lowest BCUT2D eigenvalue weighted by atomic mass is 9.95. The van der Waals surface area contributed by atoms with E-state index >= 15 is 0 Å². The molecule has 3 rings (SSSR count). The molecule has 0 saturated carbocycles. The fourth-order valence-corrected chi connectivity index (χ4v) is 3.49. The third-order valence-corrected chi connectivity index (χ3v) is 5.46. The predicted molar refractivity (Wildman–Crippen MR) is 123 cm³/mol. The molecule has 0 aliphatic heterocycles. The number of carbonyl (C=O) groups is 2. The number of carbonyl (C=O) groups excluding carboxylic acids is 1. The summed E-state index contributed by atoms with van der Waals surface area (Å²) in [6, 6.07) is 12.4. The Morgan fingerprint density at radius 3 is 2.52 bits per heavy atom. The van der Waals surface area contributed by atoms with Crippen LogP contribution in [0.2, 0.25) is 0 Å². The summed E-state index contributed by atoms with van der Waals surface area (Å²) < 4.78 is 24.2. The topological polar surface area (TPSA) is 84.9 Å². The van der Waals surface area contributed by atoms with Crippen molar-refractivity contribution >= 4 is 11.9 Å². The molecule has 0 fully saturated rings. The van der Waals surface area contributed by atoms with Gasteiger partial charge in [-0.1, -0.05) is 25.1 Å². The number of hydrogen-bond donors (Lipinski definition) is 2. The number of methoxy groups -OCH3 is 1. The lowest BCUT2D eigenvalue weighted by Gasteiger charge is -2.14. The van der Waals surface area contributed by atoms with Gasteiger partial charge in [0.1, 0.15) is 23.4 Å². The highest BCUT2D eigenvalue weighted by molar-refractivity contribution is 5.97. The molecule has 0 heterocycles. The lowest BCUT2D eigenvalue weighted by Crippen LogP contribution is -2.24. The number of amides is 1. The van der Waals surface area contributed by atoms with Crippen molar-refractivity contribution in [2.75, 3.05) is 7.11 Å². The van der Waals surface area contributed by atoms with Crippen LogP contribution in [0.5, 0.6) is 11.5 Å². The summed E-state index contributed by atoms with van der Waals surface area (Å²) in [4.78, 5) is 24.2. The molecule has 0 spiro atoms. The van der Waals surface area contributed by atoms with E-state index in [-0.39, 0.29) is 5.91 Å². The number of hydrogen-bond acceptors (Lipinski definition) is 4. The van der Waals surface area contributed by atoms with E-state index in [0.29, 0.717) is 48.6 Å². The third kappa shape index (κ3) is 6.68. The molecule has 6 nitrogen and oxygen atoms in total. The number of benzene rings is 2. The van der Waals surface area contributed by atoms with E-state index in [1.54, 1.807) is 42.5 Å². The van der Waals surface area contributed by atoms with Crippen LogP contribution in [0, 0.1) is 5.92 Å². The van der Waals surface area contributed by atoms with Crippen LogP contribution in [0.4, 0.5) is 4.39 Å². The van der Waals surface area contributed by atoms with Crippen LogP contribution in [0.25, 0.3) is 0 Å². The molecule has 2 N–H and O–H groups in total. The minimum absolute atomic E-state index is 0.297. The van der Waals surface area contributed by atoms with Crippen LogP contribution in [-0.4, -0.2) is 30.3 Å². The van der Waals surface area contributed by atoms with Crippen LogP contribution in [0.3, 0.4) is 0 Å². The second-order valence-electron chi connectivity index (χ2n) is 7.83. The van der Waals surface area contributed by atoms with E-state index < -0.39 is 18.1 Å². The van der Waals surface area contributed by atoms with E-state index in [9.17, 15) is 19.1 Å². The van der Waals surface area contributed by atoms with Gasteiger partial charge in [0.05, 0.1) is 18.6 Å². The SMILES string of the molecule is CC[C@@H](Cc1ccc(OC)c(C(=O)NCc2ccc(OC3=CCC(F)C=C3)cc2)c1)C(=O)O. The average molecular weight is 454 g/mol. The van der Waals surface area contributed by atoms with E-state index in [0.717, 1.165) is 11.1 Å². The van der Waals surface area contributed by atoms with E-state index in [2.05, 4.69) is 5.32 Å². The minimum atomic E-state index is -0.965. The standard InChI is InChI=1S/C26H28FNO5/c1-3-19(26(30)31)14-18-6-13-24(32-2)23(15-18)25(29)28-16-17-4-9-21(10-5-17)33-22-11-7-20(27)8-12-22/h4-7,9-13,15,19-20H,3,8,14,16H2,1-2H3,(H,28,29)(H,30,31)/t19-,20?/m0/s1. The molecule has 1 aliphatic carbocycles. The number of alkyl halides is 1. The van der Waals surface area contributed by atoms with Crippen LogP contribution >= 0.6 is 0 Å². The Morgan fingerprint density at radius 2 is 1.91 bits per heavy atom. The summed E-state index contributed by atoms with van der Waals surface area (Å²) in [6.45, 7) is 2.12. The van der Waals surface area contributed by atoms with Crippen molar-refractivity contribution in [2.24, 2.45) is 5.92 Å². The van der Waals surface area contributed by atoms with E-state index in [1.165, 1.54) is 13.2 Å². The first-order chi connectivity index (χ1) is 15.9. The van der Waals surface area contributed by atoms with Crippen molar-refractivity contribution in [2.45, 2.75) is 38.9 Å². The zero-order valence-corrected chi connectivity index (χ0v) is 18.7. The van der Waals surface area contributed by atoms with Gasteiger partial charge in [0.2, 0.25) is 0 Å². The number of allylic oxidation sites excluding steroid dienone is 3. The lowest BCUT2D eigenvalue weighted by molar-refractivity contribution is -0.141. The number of aliphatic carboxylic acids is 1. The van der Waals surface area contributed by atoms with Gasteiger partial charge in [0.25, 0.3) is 5.91 Å². The van der Waals surface area contributed by atoms with E-state index in [4.69, 9.17) is 9.47 Å². The van der Waals surface area contributed by atoms with Gasteiger partial charge in [0, 0.05) is 13.0 Å². The molecule has 0 bridgehead atoms. The molecule has 0 saturated heterocycles. The molecule has 2 aromatic rings. The Kier molecular flexibility index (Phi) is 8.24. The molecule has 1 unspecified atom stereocenters. The maximum atomic E-state index is 13.1. The van der Waals surface area contributed by atoms with Crippen molar-refractivity contribution in [3.63, 3.8) is 0 Å². The maximum absolute atomic E-state index is 13.1. The number of nitrogens with one attached hydrogen (secondary N) is 1. The second-order valence-corrected chi connectivity index (χ2v) is 7.83. The smallest absolute Gasteiger partial charge is 0.306 e. The van der Waals surface area contributed by atoms with Gasteiger partial charge in [-0.15, -0.1) is 0 Å². The summed E-state index contributed by atoms with van der Waals surface area (Å²) in [6.07, 6.45) is 4.97. The van der Waals surface area contributed by atoms with Gasteiger partial charge in [-0.2, -0.15) is 0 Å². The second kappa shape index (κ2) is 11.3. The highest BCUT2D eigenvalue weighted by Gasteiger charge is 2.18. The highest BCUT2D eigenvalue weighted by atomic mass is 19.1. The molecule has 2 aromatic carbocycles. The van der Waals surface area contributed by atoms with Crippen LogP contribution in [0.1, 0.15) is 41.3 Å². The first-order valence-electron chi connectivity index (χ1n) is 10.9. The average Bonchev–Trinajstić information content (AvgIpc) is 2.83. The van der Waals surface area contributed by atoms with Gasteiger partial charge in [0.15, 0.2) is 0 Å². The Hall–Kier alpha value is -3.61. The number of carboxylic acids is 1. The molecule has 1 amide bonds. The fourth-order valence-electron chi connectivity index (χ4n) is 3.49. The Bertz CT molecular complexity index is 1050. The zero-order chi connectivity index (χ0) is 23.8. The van der Waals surface area contributed by atoms with E-state index in [1.807, 2.05) is 19.1 Å². The monoisotopic (exact) mass is 453 g/mol. The molecule has 0 aromatic heterocycles. The van der Waals surface area contributed by atoms with Crippen LogP contribution in [-0.2, 0) is 17.8 Å². The Labute approximate surface area is 192 Å². The number of rotatable bonds is 10. The summed E-state index contributed by atoms with van der Waals surface area (Å²) in [5, 5.41) is 12.2. The zero-order valence-electron chi connectivity index (χ0n) is 18.7. The van der Waals surface area contributed by atoms with Crippen molar-refractivity contribution in [3.05, 3.63) is 83.1 Å². The van der Waals surface area contributed by atoms with Crippen LogP contribution in [0.15, 0.2) is 66.5 Å². The van der Waals surface area contributed by atoms with Gasteiger partial charge in [-0.3, -0.25) is 9.59 Å². The molecule has 174 valence electrons. The summed E-state index contributed by atoms with van der Waals surface area (Å²) in [5.41, 5.74) is 2.00. The van der Waals surface area contributed by atoms with Gasteiger partial charge >= 0.3 is 5.97 Å². The highest BCUT2D eigenvalue weighted by Crippen LogP contribution is 2.23. The molecule has 33 heavy (non-hydrogen) atoms. The Morgan fingerprint density at radius 1 is 1.18 bits per heavy atom. The first kappa shape index (κ1) is 24.0. The first-order valence-corrected chi connectivity index (χ1v) is 10.9. The number of ether oxygens (including phenoxy) is 2. The predicted octanol–water partition coefficient (Wildman–Crippen LogP) is 4.84. The molecular formula is C26H28FNO5. The number of halogens is 1. The molecule has 7 heteroatoms. The van der Waals surface area contributed by atoms with Crippen molar-refractivity contribution in [1.29, 1.82) is 0 Å². The molecule has 0 radical (unpaired) electrons. The van der Waals surface area contributed by atoms with Crippen molar-refractivity contribution < 1.29 is 28.6 Å². The normalized spacial score (nSPS) is 16.0. The molecule has 2 atom stereocenters. The summed E-state index contributed by atoms with van der Waals surface area (Å²) >= 11 is 0. The largest absolute Gasteiger partial charge is 0.496 e.